The van der Waals surface area contributed by atoms with Gasteiger partial charge in [-0.05, 0) is 64.7 Å². The van der Waals surface area contributed by atoms with Crippen LogP contribution in [0.1, 0.15) is 28.4 Å². The molecule has 0 unspecified atom stereocenters. The van der Waals surface area contributed by atoms with Crippen molar-refractivity contribution in [2.45, 2.75) is 20.8 Å². The van der Waals surface area contributed by atoms with Gasteiger partial charge in [0.25, 0.3) is 5.91 Å². The molecule has 3 rings (SSSR count). The first-order valence-electron chi connectivity index (χ1n) is 9.46. The van der Waals surface area contributed by atoms with Gasteiger partial charge in [-0.2, -0.15) is 0 Å². The predicted molar refractivity (Wildman–Crippen MR) is 124 cm³/mol. The van der Waals surface area contributed by atoms with E-state index in [0.717, 1.165) is 44.3 Å². The number of carbonyl (C=O) groups excluding carboxylic acids is 1. The standard InChI is InChI=1S/C22H27N3O2S.ClH/c1-6-27-17-8-10-19-20(14-17)28-22(23-19)25(12-11-24(4)5)21(26)18-9-7-15(2)13-16(18)3;/h7-10,13-14H,6,11-12H2,1-5H3;1H. The SMILES string of the molecule is CCOc1ccc2nc(N(CCN(C)C)C(=O)c3ccc(C)cc3C)sc2c1.Cl. The molecule has 0 saturated carbocycles. The average Bonchev–Trinajstić information content (AvgIpc) is 3.04. The zero-order valence-electron chi connectivity index (χ0n) is 17.6. The lowest BCUT2D eigenvalue weighted by atomic mass is 10.0. The van der Waals surface area contributed by atoms with E-state index in [1.807, 2.05) is 71.3 Å². The van der Waals surface area contributed by atoms with Crippen LogP contribution < -0.4 is 9.64 Å². The third-order valence-corrected chi connectivity index (χ3v) is 5.56. The number of benzene rings is 2. The van der Waals surface area contributed by atoms with E-state index in [-0.39, 0.29) is 18.3 Å². The van der Waals surface area contributed by atoms with Crippen LogP contribution in [0.15, 0.2) is 36.4 Å². The summed E-state index contributed by atoms with van der Waals surface area (Å²) in [5.74, 6) is 0.814. The van der Waals surface area contributed by atoms with E-state index >= 15 is 0 Å². The molecule has 7 heteroatoms. The fourth-order valence-electron chi connectivity index (χ4n) is 3.05. The van der Waals surface area contributed by atoms with Crippen LogP contribution in [0.3, 0.4) is 0 Å². The van der Waals surface area contributed by atoms with Crippen molar-refractivity contribution in [2.24, 2.45) is 0 Å². The van der Waals surface area contributed by atoms with Crippen LogP contribution in [0.2, 0.25) is 0 Å². The normalized spacial score (nSPS) is 10.8. The Kier molecular flexibility index (Phi) is 8.02. The molecular weight excluding hydrogens is 406 g/mol. The van der Waals surface area contributed by atoms with Crippen molar-refractivity contribution in [2.75, 3.05) is 38.7 Å². The van der Waals surface area contributed by atoms with Crippen LogP contribution in [0, 0.1) is 13.8 Å². The number of thiazole rings is 1. The summed E-state index contributed by atoms with van der Waals surface area (Å²) >= 11 is 1.52. The molecule has 1 amide bonds. The lowest BCUT2D eigenvalue weighted by molar-refractivity contribution is 0.0984. The summed E-state index contributed by atoms with van der Waals surface area (Å²) < 4.78 is 6.62. The van der Waals surface area contributed by atoms with Crippen LogP contribution in [0.4, 0.5) is 5.13 Å². The number of hydrogen-bond donors (Lipinski definition) is 0. The van der Waals surface area contributed by atoms with Gasteiger partial charge in [0.05, 0.1) is 16.8 Å². The predicted octanol–water partition coefficient (Wildman–Crippen LogP) is 4.94. The number of nitrogens with zero attached hydrogens (tertiary/aromatic N) is 3. The van der Waals surface area contributed by atoms with Gasteiger partial charge in [-0.1, -0.05) is 29.0 Å². The summed E-state index contributed by atoms with van der Waals surface area (Å²) in [4.78, 5) is 22.0. The number of fused-ring (bicyclic) bond motifs is 1. The maximum Gasteiger partial charge on any atom is 0.260 e. The molecule has 156 valence electrons. The first-order valence-corrected chi connectivity index (χ1v) is 10.3. The largest absolute Gasteiger partial charge is 0.494 e. The first-order chi connectivity index (χ1) is 13.4. The molecule has 5 nitrogen and oxygen atoms in total. The lowest BCUT2D eigenvalue weighted by Gasteiger charge is -2.22. The molecule has 1 aromatic heterocycles. The average molecular weight is 434 g/mol. The quantitative estimate of drug-likeness (QED) is 0.529. The maximum absolute atomic E-state index is 13.4. The second-order valence-electron chi connectivity index (χ2n) is 7.14. The van der Waals surface area contributed by atoms with Crippen molar-refractivity contribution in [3.63, 3.8) is 0 Å². The van der Waals surface area contributed by atoms with Crippen LogP contribution >= 0.6 is 23.7 Å². The second-order valence-corrected chi connectivity index (χ2v) is 8.15. The van der Waals surface area contributed by atoms with Crippen molar-refractivity contribution in [1.29, 1.82) is 0 Å². The van der Waals surface area contributed by atoms with Crippen molar-refractivity contribution in [3.8, 4) is 5.75 Å². The Labute approximate surface area is 182 Å². The highest BCUT2D eigenvalue weighted by molar-refractivity contribution is 7.22. The van der Waals surface area contributed by atoms with Gasteiger partial charge in [0.1, 0.15) is 5.75 Å². The van der Waals surface area contributed by atoms with Crippen LogP contribution in [-0.4, -0.2) is 49.6 Å². The minimum Gasteiger partial charge on any atom is -0.494 e. The number of anilines is 1. The Hall–Kier alpha value is -2.15. The lowest BCUT2D eigenvalue weighted by Crippen LogP contribution is -2.37. The summed E-state index contributed by atoms with van der Waals surface area (Å²) in [6.45, 7) is 7.95. The molecule has 0 aliphatic carbocycles. The monoisotopic (exact) mass is 433 g/mol. The Morgan fingerprint density at radius 3 is 2.52 bits per heavy atom. The second kappa shape index (κ2) is 10.1. The van der Waals surface area contributed by atoms with Crippen molar-refractivity contribution < 1.29 is 9.53 Å². The van der Waals surface area contributed by atoms with E-state index in [0.29, 0.717) is 13.2 Å². The molecule has 0 aliphatic heterocycles. The van der Waals surface area contributed by atoms with Gasteiger partial charge in [-0.25, -0.2) is 4.98 Å². The molecule has 0 N–H and O–H groups in total. The molecule has 1 heterocycles. The number of likely N-dealkylation sites (N-methyl/N-ethyl adjacent to an activating group) is 1. The topological polar surface area (TPSA) is 45.7 Å². The number of halogens is 1. The number of ether oxygens (including phenoxy) is 1. The number of carbonyl (C=O) groups is 1. The summed E-state index contributed by atoms with van der Waals surface area (Å²) in [5.41, 5.74) is 3.74. The highest BCUT2D eigenvalue weighted by Gasteiger charge is 2.23. The Balaban J connectivity index is 0.00000300. The van der Waals surface area contributed by atoms with Gasteiger partial charge >= 0.3 is 0 Å². The Morgan fingerprint density at radius 2 is 1.86 bits per heavy atom. The number of hydrogen-bond acceptors (Lipinski definition) is 5. The minimum atomic E-state index is -0.0107. The highest BCUT2D eigenvalue weighted by Crippen LogP contribution is 2.32. The van der Waals surface area contributed by atoms with Gasteiger partial charge in [0.15, 0.2) is 5.13 Å². The molecule has 3 aromatic rings. The fraction of sp³-hybridized carbons (Fsp3) is 0.364. The minimum absolute atomic E-state index is 0. The van der Waals surface area contributed by atoms with Crippen LogP contribution in [0.5, 0.6) is 5.75 Å². The van der Waals surface area contributed by atoms with Crippen molar-refractivity contribution in [1.82, 2.24) is 9.88 Å². The summed E-state index contributed by atoms with van der Waals surface area (Å²) in [7, 11) is 4.01. The number of rotatable bonds is 7. The van der Waals surface area contributed by atoms with Gasteiger partial charge in [0, 0.05) is 18.7 Å². The van der Waals surface area contributed by atoms with E-state index in [2.05, 4.69) is 4.90 Å². The van der Waals surface area contributed by atoms with Crippen molar-refractivity contribution in [3.05, 3.63) is 53.1 Å². The van der Waals surface area contributed by atoms with E-state index < -0.39 is 0 Å². The molecule has 0 atom stereocenters. The first kappa shape index (κ1) is 23.1. The third kappa shape index (κ3) is 5.47. The zero-order chi connectivity index (χ0) is 20.3. The Bertz CT molecular complexity index is 987. The number of aromatic nitrogens is 1. The molecule has 0 bridgehead atoms. The van der Waals surface area contributed by atoms with Crippen molar-refractivity contribution >= 4 is 45.0 Å². The van der Waals surface area contributed by atoms with E-state index in [1.165, 1.54) is 11.3 Å². The van der Waals surface area contributed by atoms with E-state index in [1.54, 1.807) is 4.90 Å². The molecule has 2 aromatic carbocycles. The number of amides is 1. The zero-order valence-corrected chi connectivity index (χ0v) is 19.2. The third-order valence-electron chi connectivity index (χ3n) is 4.52. The van der Waals surface area contributed by atoms with Gasteiger partial charge in [-0.15, -0.1) is 12.4 Å². The molecule has 29 heavy (non-hydrogen) atoms. The summed E-state index contributed by atoms with van der Waals surface area (Å²) in [5, 5.41) is 0.718. The van der Waals surface area contributed by atoms with E-state index in [4.69, 9.17) is 9.72 Å². The molecule has 0 radical (unpaired) electrons. The molecular formula is C22H28ClN3O2S. The van der Waals surface area contributed by atoms with Gasteiger partial charge in [-0.3, -0.25) is 9.69 Å². The maximum atomic E-state index is 13.4. The van der Waals surface area contributed by atoms with Gasteiger partial charge < -0.3 is 9.64 Å². The van der Waals surface area contributed by atoms with Gasteiger partial charge in [0.2, 0.25) is 0 Å². The molecule has 0 saturated heterocycles. The smallest absolute Gasteiger partial charge is 0.260 e. The van der Waals surface area contributed by atoms with Crippen LogP contribution in [0.25, 0.3) is 10.2 Å². The van der Waals surface area contributed by atoms with Crippen LogP contribution in [-0.2, 0) is 0 Å². The summed E-state index contributed by atoms with van der Waals surface area (Å²) in [6, 6.07) is 11.8. The number of aryl methyl sites for hydroxylation is 2. The highest BCUT2D eigenvalue weighted by atomic mass is 35.5. The molecule has 0 fully saturated rings. The summed E-state index contributed by atoms with van der Waals surface area (Å²) in [6.07, 6.45) is 0. The van der Waals surface area contributed by atoms with E-state index in [9.17, 15) is 4.79 Å². The molecule has 0 aliphatic rings. The Morgan fingerprint density at radius 1 is 1.10 bits per heavy atom. The fourth-order valence-corrected chi connectivity index (χ4v) is 4.07. The molecule has 0 spiro atoms.